The van der Waals surface area contributed by atoms with Crippen LogP contribution in [0, 0.1) is 0 Å². The number of esters is 1. The van der Waals surface area contributed by atoms with Gasteiger partial charge in [0, 0.05) is 15.8 Å². The molecule has 0 unspecified atom stereocenters. The zero-order valence-corrected chi connectivity index (χ0v) is 16.7. The molecule has 4 aromatic rings. The first-order valence-corrected chi connectivity index (χ1v) is 9.56. The number of aromatic hydroxyl groups is 1. The zero-order chi connectivity index (χ0) is 21.3. The quantitative estimate of drug-likeness (QED) is 0.476. The number of nitrogens with one attached hydrogen (secondary N) is 1. The monoisotopic (exact) mass is 424 g/mol. The number of carbonyl (C=O) groups is 2. The molecule has 30 heavy (non-hydrogen) atoms. The van der Waals surface area contributed by atoms with Gasteiger partial charge in [0.05, 0.1) is 6.61 Å². The smallest absolute Gasteiger partial charge is 0.325 e. The average Bonchev–Trinajstić information content (AvgIpc) is 3.22. The van der Waals surface area contributed by atoms with Crippen molar-refractivity contribution < 1.29 is 19.4 Å². The molecule has 0 aliphatic carbocycles. The van der Waals surface area contributed by atoms with E-state index in [1.165, 1.54) is 10.8 Å². The molecule has 0 spiro atoms. The number of halogens is 1. The molecule has 1 amide bonds. The van der Waals surface area contributed by atoms with Crippen molar-refractivity contribution in [1.82, 2.24) is 19.9 Å². The van der Waals surface area contributed by atoms with E-state index < -0.39 is 11.9 Å². The Morgan fingerprint density at radius 2 is 1.97 bits per heavy atom. The molecule has 0 atom stereocenters. The van der Waals surface area contributed by atoms with Crippen molar-refractivity contribution in [3.05, 3.63) is 59.5 Å². The van der Waals surface area contributed by atoms with Crippen molar-refractivity contribution in [1.29, 1.82) is 0 Å². The molecule has 2 N–H and O–H groups in total. The second-order valence-electron chi connectivity index (χ2n) is 6.42. The lowest BCUT2D eigenvalue weighted by molar-refractivity contribution is -0.141. The maximum absolute atomic E-state index is 12.7. The minimum Gasteiger partial charge on any atom is -0.505 e. The van der Waals surface area contributed by atoms with Crippen molar-refractivity contribution in [3.63, 3.8) is 0 Å². The highest BCUT2D eigenvalue weighted by Gasteiger charge is 2.23. The fourth-order valence-corrected chi connectivity index (χ4v) is 3.44. The molecule has 0 radical (unpaired) electrons. The SMILES string of the molecule is CCOC(=O)CNC(=O)c1c(O)c2cccc(-c3ccc(Cl)cc3)c2c2ncnn12. The summed E-state index contributed by atoms with van der Waals surface area (Å²) in [5.41, 5.74) is 1.95. The number of benzene rings is 2. The molecule has 2 aromatic heterocycles. The molecule has 9 heteroatoms. The predicted octanol–water partition coefficient (Wildman–Crippen LogP) is 3.20. The number of rotatable bonds is 5. The molecule has 0 fully saturated rings. The number of pyridine rings is 1. The van der Waals surface area contributed by atoms with Crippen LogP contribution in [-0.4, -0.2) is 44.7 Å². The summed E-state index contributed by atoms with van der Waals surface area (Å²) in [6.07, 6.45) is 1.30. The Hall–Kier alpha value is -3.65. The molecule has 152 valence electrons. The molecule has 2 heterocycles. The van der Waals surface area contributed by atoms with Gasteiger partial charge in [0.15, 0.2) is 17.1 Å². The summed E-state index contributed by atoms with van der Waals surface area (Å²) in [7, 11) is 0. The molecule has 4 rings (SSSR count). The fourth-order valence-electron chi connectivity index (χ4n) is 3.32. The van der Waals surface area contributed by atoms with Crippen LogP contribution in [0.15, 0.2) is 48.8 Å². The number of fused-ring (bicyclic) bond motifs is 3. The highest BCUT2D eigenvalue weighted by atomic mass is 35.5. The summed E-state index contributed by atoms with van der Waals surface area (Å²) in [6.45, 7) is 1.55. The van der Waals surface area contributed by atoms with Crippen LogP contribution in [0.4, 0.5) is 0 Å². The maximum Gasteiger partial charge on any atom is 0.325 e. The van der Waals surface area contributed by atoms with Crippen LogP contribution in [0.25, 0.3) is 27.5 Å². The van der Waals surface area contributed by atoms with Crippen molar-refractivity contribution in [3.8, 4) is 16.9 Å². The van der Waals surface area contributed by atoms with Gasteiger partial charge in [-0.15, -0.1) is 0 Å². The first kappa shape index (κ1) is 19.7. The van der Waals surface area contributed by atoms with Crippen LogP contribution in [-0.2, 0) is 9.53 Å². The number of nitrogens with zero attached hydrogens (tertiary/aromatic N) is 3. The summed E-state index contributed by atoms with van der Waals surface area (Å²) in [5.74, 6) is -1.51. The number of carbonyl (C=O) groups excluding carboxylic acids is 2. The second kappa shape index (κ2) is 8.00. The Morgan fingerprint density at radius 1 is 1.20 bits per heavy atom. The van der Waals surface area contributed by atoms with Crippen molar-refractivity contribution in [2.24, 2.45) is 0 Å². The summed E-state index contributed by atoms with van der Waals surface area (Å²) >= 11 is 6.00. The first-order chi connectivity index (χ1) is 14.5. The summed E-state index contributed by atoms with van der Waals surface area (Å²) in [4.78, 5) is 28.6. The lowest BCUT2D eigenvalue weighted by Gasteiger charge is -2.14. The van der Waals surface area contributed by atoms with E-state index in [-0.39, 0.29) is 24.6 Å². The van der Waals surface area contributed by atoms with E-state index in [0.717, 1.165) is 11.1 Å². The van der Waals surface area contributed by atoms with Gasteiger partial charge in [-0.05, 0) is 30.2 Å². The van der Waals surface area contributed by atoms with Crippen molar-refractivity contribution in [2.45, 2.75) is 6.92 Å². The van der Waals surface area contributed by atoms with Gasteiger partial charge in [-0.3, -0.25) is 9.59 Å². The Kier molecular flexibility index (Phi) is 5.24. The van der Waals surface area contributed by atoms with Gasteiger partial charge in [0.25, 0.3) is 5.91 Å². The third-order valence-electron chi connectivity index (χ3n) is 4.60. The van der Waals surface area contributed by atoms with Gasteiger partial charge in [-0.1, -0.05) is 41.9 Å². The van der Waals surface area contributed by atoms with E-state index in [9.17, 15) is 14.7 Å². The number of hydrogen-bond donors (Lipinski definition) is 2. The van der Waals surface area contributed by atoms with Crippen LogP contribution >= 0.6 is 11.6 Å². The molecule has 0 aliphatic heterocycles. The van der Waals surface area contributed by atoms with E-state index in [2.05, 4.69) is 15.4 Å². The first-order valence-electron chi connectivity index (χ1n) is 9.18. The minimum atomic E-state index is -0.671. The van der Waals surface area contributed by atoms with Crippen LogP contribution in [0.1, 0.15) is 17.4 Å². The third-order valence-corrected chi connectivity index (χ3v) is 4.85. The lowest BCUT2D eigenvalue weighted by Crippen LogP contribution is -2.32. The van der Waals surface area contributed by atoms with E-state index in [4.69, 9.17) is 16.3 Å². The molecular weight excluding hydrogens is 408 g/mol. The number of aromatic nitrogens is 3. The Balaban J connectivity index is 1.88. The molecular formula is C21H17ClN4O4. The topological polar surface area (TPSA) is 106 Å². The minimum absolute atomic E-state index is 0.118. The van der Waals surface area contributed by atoms with Gasteiger partial charge in [0.1, 0.15) is 12.9 Å². The Labute approximate surface area is 176 Å². The Bertz CT molecular complexity index is 1270. The summed E-state index contributed by atoms with van der Waals surface area (Å²) in [6, 6.07) is 12.6. The van der Waals surface area contributed by atoms with Gasteiger partial charge < -0.3 is 15.2 Å². The van der Waals surface area contributed by atoms with Crippen LogP contribution in [0.5, 0.6) is 5.75 Å². The van der Waals surface area contributed by atoms with E-state index in [0.29, 0.717) is 21.4 Å². The number of hydrogen-bond acceptors (Lipinski definition) is 6. The second-order valence-corrected chi connectivity index (χ2v) is 6.85. The van der Waals surface area contributed by atoms with Crippen molar-refractivity contribution >= 4 is 39.9 Å². The number of ether oxygens (including phenoxy) is 1. The van der Waals surface area contributed by atoms with Crippen LogP contribution in [0.3, 0.4) is 0 Å². The number of amides is 1. The van der Waals surface area contributed by atoms with E-state index >= 15 is 0 Å². The Morgan fingerprint density at radius 3 is 2.70 bits per heavy atom. The predicted molar refractivity (Wildman–Crippen MR) is 112 cm³/mol. The van der Waals surface area contributed by atoms with E-state index in [1.54, 1.807) is 31.2 Å². The van der Waals surface area contributed by atoms with Gasteiger partial charge in [-0.2, -0.15) is 5.10 Å². The summed E-state index contributed by atoms with van der Waals surface area (Å²) < 4.78 is 6.08. The largest absolute Gasteiger partial charge is 0.505 e. The standard InChI is InChI=1S/C21H17ClN4O4/c1-2-30-16(27)10-23-21(29)18-19(28)15-5-3-4-14(12-6-8-13(22)9-7-12)17(15)20-24-11-25-26(18)20/h3-9,11,28H,2,10H2,1H3,(H,23,29). The highest BCUT2D eigenvalue weighted by Crippen LogP contribution is 2.37. The average molecular weight is 425 g/mol. The molecule has 0 aliphatic rings. The van der Waals surface area contributed by atoms with Gasteiger partial charge in [0.2, 0.25) is 0 Å². The lowest BCUT2D eigenvalue weighted by atomic mass is 9.98. The maximum atomic E-state index is 12.7. The van der Waals surface area contributed by atoms with Gasteiger partial charge >= 0.3 is 5.97 Å². The zero-order valence-electron chi connectivity index (χ0n) is 15.9. The van der Waals surface area contributed by atoms with Gasteiger partial charge in [-0.25, -0.2) is 9.50 Å². The molecule has 2 aromatic carbocycles. The van der Waals surface area contributed by atoms with E-state index in [1.807, 2.05) is 18.2 Å². The van der Waals surface area contributed by atoms with Crippen LogP contribution < -0.4 is 5.32 Å². The normalized spacial score (nSPS) is 11.0. The fraction of sp³-hybridized carbons (Fsp3) is 0.143. The molecule has 0 saturated heterocycles. The highest BCUT2D eigenvalue weighted by molar-refractivity contribution is 6.30. The van der Waals surface area contributed by atoms with Crippen molar-refractivity contribution in [2.75, 3.05) is 13.2 Å². The molecule has 0 saturated carbocycles. The molecule has 8 nitrogen and oxygen atoms in total. The molecule has 0 bridgehead atoms. The third kappa shape index (κ3) is 3.42. The van der Waals surface area contributed by atoms with Crippen LogP contribution in [0.2, 0.25) is 5.02 Å². The summed E-state index contributed by atoms with van der Waals surface area (Å²) in [5, 5.41) is 19.2.